The van der Waals surface area contributed by atoms with Crippen LogP contribution >= 0.6 is 0 Å². The predicted octanol–water partition coefficient (Wildman–Crippen LogP) is 1.69. The number of likely N-dealkylation sites (N-methyl/N-ethyl adjacent to an activating group) is 1. The Balaban J connectivity index is 1.97. The summed E-state index contributed by atoms with van der Waals surface area (Å²) in [6.07, 6.45) is 2.12. The molecule has 0 unspecified atom stereocenters. The van der Waals surface area contributed by atoms with Crippen molar-refractivity contribution >= 4 is 27.5 Å². The molecule has 3 rings (SSSR count). The molecule has 186 valence electrons. The van der Waals surface area contributed by atoms with Crippen molar-refractivity contribution in [2.75, 3.05) is 45.4 Å². The number of anilines is 1. The Labute approximate surface area is 199 Å². The molecule has 2 amide bonds. The lowest BCUT2D eigenvalue weighted by atomic mass is 10.0. The van der Waals surface area contributed by atoms with Crippen molar-refractivity contribution in [1.29, 1.82) is 0 Å². The minimum Gasteiger partial charge on any atom is -0.491 e. The first kappa shape index (κ1) is 25.7. The Morgan fingerprint density at radius 2 is 1.97 bits per heavy atom. The lowest BCUT2D eigenvalue weighted by Gasteiger charge is -2.34. The first-order valence-electron chi connectivity index (χ1n) is 10.7. The lowest BCUT2D eigenvalue weighted by Crippen LogP contribution is -2.48. The van der Waals surface area contributed by atoms with Crippen molar-refractivity contribution in [2.24, 2.45) is 5.92 Å². The van der Waals surface area contributed by atoms with Crippen LogP contribution in [0.25, 0.3) is 0 Å². The molecule has 0 fully saturated rings. The Bertz CT molecular complexity index is 1120. The maximum Gasteiger partial charge on any atom is 0.294 e. The summed E-state index contributed by atoms with van der Waals surface area (Å²) < 4.78 is 42.7. The molecule has 0 aliphatic carbocycles. The molecule has 1 aliphatic rings. The number of methoxy groups -OCH3 is 1. The Hall–Kier alpha value is -2.96. The van der Waals surface area contributed by atoms with Crippen LogP contribution < -0.4 is 10.1 Å². The molecular formula is C22H30N4O7S. The van der Waals surface area contributed by atoms with Gasteiger partial charge in [-0.25, -0.2) is 8.42 Å². The summed E-state index contributed by atoms with van der Waals surface area (Å²) in [6, 6.07) is 5.60. The molecule has 0 radical (unpaired) electrons. The maximum absolute atomic E-state index is 13.3. The fourth-order valence-electron chi connectivity index (χ4n) is 3.81. The first-order chi connectivity index (χ1) is 16.0. The molecule has 1 aromatic heterocycles. The molecular weight excluding hydrogens is 464 g/mol. The van der Waals surface area contributed by atoms with Gasteiger partial charge in [0.15, 0.2) is 0 Å². The lowest BCUT2D eigenvalue weighted by molar-refractivity contribution is 0.0213. The summed E-state index contributed by atoms with van der Waals surface area (Å²) in [5.41, 5.74) is 0.583. The molecule has 12 heteroatoms. The average Bonchev–Trinajstić information content (AvgIpc) is 3.32. The zero-order valence-corrected chi connectivity index (χ0v) is 20.7. The second kappa shape index (κ2) is 10.5. The third kappa shape index (κ3) is 5.93. The number of carbonyl (C=O) groups excluding carboxylic acids is 2. The monoisotopic (exact) mass is 494 g/mol. The van der Waals surface area contributed by atoms with E-state index in [0.717, 1.165) is 6.26 Å². The first-order valence-corrected chi connectivity index (χ1v) is 12.6. The maximum atomic E-state index is 13.3. The molecule has 0 bridgehead atoms. The molecule has 34 heavy (non-hydrogen) atoms. The number of aromatic nitrogens is 1. The summed E-state index contributed by atoms with van der Waals surface area (Å²) in [5.74, 6) is -0.730. The van der Waals surface area contributed by atoms with Gasteiger partial charge in [0.25, 0.3) is 11.8 Å². The summed E-state index contributed by atoms with van der Waals surface area (Å²) in [6.45, 7) is 4.13. The van der Waals surface area contributed by atoms with Gasteiger partial charge >= 0.3 is 0 Å². The van der Waals surface area contributed by atoms with E-state index in [1.807, 2.05) is 6.92 Å². The predicted molar refractivity (Wildman–Crippen MR) is 124 cm³/mol. The Kier molecular flexibility index (Phi) is 7.95. The molecule has 11 nitrogen and oxygen atoms in total. The summed E-state index contributed by atoms with van der Waals surface area (Å²) in [5, 5.41) is 6.18. The van der Waals surface area contributed by atoms with Gasteiger partial charge in [-0.15, -0.1) is 0 Å². The molecule has 0 saturated heterocycles. The van der Waals surface area contributed by atoms with Crippen molar-refractivity contribution < 1.29 is 32.0 Å². The van der Waals surface area contributed by atoms with Gasteiger partial charge in [-0.1, -0.05) is 12.1 Å². The molecule has 3 atom stereocenters. The van der Waals surface area contributed by atoms with Gasteiger partial charge in [-0.05, 0) is 31.0 Å². The SMILES string of the molecule is CO[C@H]1CN(C)C(=O)c2cc(NC(=O)c3ccno3)ccc2OC[C@@H](C)N(S(C)(=O)=O)C[C@@H]1C. The highest BCUT2D eigenvalue weighted by Gasteiger charge is 2.32. The minimum absolute atomic E-state index is 0.0269. The number of amides is 2. The second-order valence-electron chi connectivity index (χ2n) is 8.47. The van der Waals surface area contributed by atoms with Gasteiger partial charge in [0.1, 0.15) is 12.4 Å². The average molecular weight is 495 g/mol. The second-order valence-corrected chi connectivity index (χ2v) is 10.4. The van der Waals surface area contributed by atoms with Crippen LogP contribution in [-0.2, 0) is 14.8 Å². The summed E-state index contributed by atoms with van der Waals surface area (Å²) in [4.78, 5) is 27.2. The topological polar surface area (TPSA) is 131 Å². The smallest absolute Gasteiger partial charge is 0.294 e. The highest BCUT2D eigenvalue weighted by molar-refractivity contribution is 7.88. The number of sulfonamides is 1. The van der Waals surface area contributed by atoms with Crippen molar-refractivity contribution in [3.8, 4) is 5.75 Å². The van der Waals surface area contributed by atoms with Gasteiger partial charge < -0.3 is 24.2 Å². The van der Waals surface area contributed by atoms with Crippen molar-refractivity contribution in [3.63, 3.8) is 0 Å². The zero-order valence-electron chi connectivity index (χ0n) is 19.8. The highest BCUT2D eigenvalue weighted by atomic mass is 32.2. The molecule has 1 N–H and O–H groups in total. The van der Waals surface area contributed by atoms with Crippen molar-refractivity contribution in [1.82, 2.24) is 14.4 Å². The van der Waals surface area contributed by atoms with Gasteiger partial charge in [-0.3, -0.25) is 9.59 Å². The number of fused-ring (bicyclic) bond motifs is 1. The fourth-order valence-corrected chi connectivity index (χ4v) is 5.03. The quantitative estimate of drug-likeness (QED) is 0.679. The van der Waals surface area contributed by atoms with E-state index in [-0.39, 0.29) is 48.6 Å². The van der Waals surface area contributed by atoms with Crippen LogP contribution in [0.5, 0.6) is 5.75 Å². The molecule has 1 aliphatic heterocycles. The molecule has 2 aromatic rings. The van der Waals surface area contributed by atoms with Crippen LogP contribution in [0.4, 0.5) is 5.69 Å². The van der Waals surface area contributed by atoms with Crippen LogP contribution in [0, 0.1) is 5.92 Å². The largest absolute Gasteiger partial charge is 0.491 e. The van der Waals surface area contributed by atoms with E-state index in [2.05, 4.69) is 10.5 Å². The van der Waals surface area contributed by atoms with E-state index >= 15 is 0 Å². The normalized spacial score (nSPS) is 22.8. The van der Waals surface area contributed by atoms with Crippen LogP contribution in [0.1, 0.15) is 34.8 Å². The van der Waals surface area contributed by atoms with E-state index in [9.17, 15) is 18.0 Å². The van der Waals surface area contributed by atoms with E-state index < -0.39 is 28.1 Å². The molecule has 2 heterocycles. The van der Waals surface area contributed by atoms with Crippen LogP contribution in [0.15, 0.2) is 35.0 Å². The van der Waals surface area contributed by atoms with E-state index in [0.29, 0.717) is 5.69 Å². The van der Waals surface area contributed by atoms with Gasteiger partial charge in [0, 0.05) is 39.0 Å². The highest BCUT2D eigenvalue weighted by Crippen LogP contribution is 2.27. The number of hydrogen-bond acceptors (Lipinski definition) is 8. The zero-order chi connectivity index (χ0) is 25.0. The van der Waals surface area contributed by atoms with Gasteiger partial charge in [0.2, 0.25) is 15.8 Å². The number of hydrogen-bond donors (Lipinski definition) is 1. The van der Waals surface area contributed by atoms with Gasteiger partial charge in [0.05, 0.1) is 30.2 Å². The number of rotatable bonds is 4. The molecule has 0 spiro atoms. The van der Waals surface area contributed by atoms with E-state index in [1.54, 1.807) is 26.1 Å². The summed E-state index contributed by atoms with van der Waals surface area (Å²) >= 11 is 0. The summed E-state index contributed by atoms with van der Waals surface area (Å²) in [7, 11) is -0.348. The van der Waals surface area contributed by atoms with Gasteiger partial charge in [-0.2, -0.15) is 4.31 Å². The fraction of sp³-hybridized carbons (Fsp3) is 0.500. The number of ether oxygens (including phenoxy) is 2. The Morgan fingerprint density at radius 1 is 1.24 bits per heavy atom. The van der Waals surface area contributed by atoms with E-state index in [1.165, 1.54) is 34.6 Å². The van der Waals surface area contributed by atoms with E-state index in [4.69, 9.17) is 14.0 Å². The molecule has 0 saturated carbocycles. The number of nitrogens with zero attached hydrogens (tertiary/aromatic N) is 3. The molecule has 1 aromatic carbocycles. The van der Waals surface area contributed by atoms with Crippen LogP contribution in [-0.4, -0.2) is 86.8 Å². The van der Waals surface area contributed by atoms with Crippen molar-refractivity contribution in [2.45, 2.75) is 26.0 Å². The number of benzene rings is 1. The number of nitrogens with one attached hydrogen (secondary N) is 1. The minimum atomic E-state index is -3.52. The standard InChI is InChI=1S/C22H30N4O7S/c1-14-11-26(34(5,29)30)15(2)13-32-18-7-6-16(24-21(27)19-8-9-23-33-19)10-17(18)22(28)25(3)12-20(14)31-4/h6-10,14-15,20H,11-13H2,1-5H3,(H,24,27)/t14-,15+,20-/m0/s1. The third-order valence-electron chi connectivity index (χ3n) is 5.73. The van der Waals surface area contributed by atoms with Crippen molar-refractivity contribution in [3.05, 3.63) is 41.8 Å². The van der Waals surface area contributed by atoms with Crippen LogP contribution in [0.2, 0.25) is 0 Å². The van der Waals surface area contributed by atoms with Crippen LogP contribution in [0.3, 0.4) is 0 Å². The Morgan fingerprint density at radius 3 is 2.59 bits per heavy atom. The third-order valence-corrected chi connectivity index (χ3v) is 7.09. The number of carbonyl (C=O) groups is 2.